The van der Waals surface area contributed by atoms with Crippen molar-refractivity contribution in [2.24, 2.45) is 0 Å². The molecule has 0 aromatic heterocycles. The molecule has 2 atom stereocenters. The van der Waals surface area contributed by atoms with Gasteiger partial charge in [-0.2, -0.15) is 0 Å². The summed E-state index contributed by atoms with van der Waals surface area (Å²) in [5.74, 6) is -0.189. The molecule has 0 heterocycles. The first-order chi connectivity index (χ1) is 10.8. The molecule has 2 aliphatic carbocycles. The average Bonchev–Trinajstić information content (AvgIpc) is 2.49. The van der Waals surface area contributed by atoms with E-state index in [9.17, 15) is 19.8 Å². The molecule has 3 rings (SSSR count). The van der Waals surface area contributed by atoms with E-state index < -0.39 is 17.5 Å². The van der Waals surface area contributed by atoms with Crippen LogP contribution in [0.4, 0.5) is 0 Å². The Kier molecular flexibility index (Phi) is 3.54. The molecule has 0 unspecified atom stereocenters. The maximum absolute atomic E-state index is 12.8. The van der Waals surface area contributed by atoms with Crippen molar-refractivity contribution < 1.29 is 29.3 Å². The highest BCUT2D eigenvalue weighted by molar-refractivity contribution is 6.28. The smallest absolute Gasteiger partial charge is 0.196 e. The van der Waals surface area contributed by atoms with Gasteiger partial charge >= 0.3 is 0 Å². The number of hydrogen-bond acceptors (Lipinski definition) is 6. The van der Waals surface area contributed by atoms with Gasteiger partial charge in [0.05, 0.1) is 31.5 Å². The summed E-state index contributed by atoms with van der Waals surface area (Å²) in [5.41, 5.74) is -0.680. The molecular weight excluding hydrogens is 300 g/mol. The maximum atomic E-state index is 12.8. The van der Waals surface area contributed by atoms with Gasteiger partial charge < -0.3 is 19.7 Å². The molecular formula is C17H18O6. The van der Waals surface area contributed by atoms with Crippen LogP contribution in [-0.2, 0) is 0 Å². The SMILES string of the molecule is COc1cc(OC)c2c(c1)C(=O)C1=C(C2=O)[C@@H](O)C[C@@](C)(O)C1. The summed E-state index contributed by atoms with van der Waals surface area (Å²) >= 11 is 0. The normalized spacial score (nSPS) is 26.7. The van der Waals surface area contributed by atoms with Crippen molar-refractivity contribution in [1.29, 1.82) is 0 Å². The van der Waals surface area contributed by atoms with E-state index in [-0.39, 0.29) is 46.6 Å². The number of fused-ring (bicyclic) bond motifs is 1. The number of rotatable bonds is 2. The number of aliphatic hydroxyl groups excluding tert-OH is 1. The summed E-state index contributed by atoms with van der Waals surface area (Å²) in [6, 6.07) is 3.01. The zero-order chi connectivity index (χ0) is 16.9. The van der Waals surface area contributed by atoms with E-state index in [1.807, 2.05) is 0 Å². The molecule has 2 aliphatic rings. The van der Waals surface area contributed by atoms with Gasteiger partial charge in [-0.3, -0.25) is 9.59 Å². The van der Waals surface area contributed by atoms with Gasteiger partial charge in [-0.1, -0.05) is 0 Å². The molecule has 6 nitrogen and oxygen atoms in total. The van der Waals surface area contributed by atoms with E-state index in [4.69, 9.17) is 9.47 Å². The van der Waals surface area contributed by atoms with Crippen LogP contribution in [0.2, 0.25) is 0 Å². The van der Waals surface area contributed by atoms with Crippen LogP contribution in [0.25, 0.3) is 0 Å². The molecule has 0 saturated carbocycles. The second-order valence-electron chi connectivity index (χ2n) is 6.20. The summed E-state index contributed by atoms with van der Waals surface area (Å²) in [7, 11) is 2.86. The first-order valence-corrected chi connectivity index (χ1v) is 7.28. The number of carbonyl (C=O) groups is 2. The molecule has 0 spiro atoms. The van der Waals surface area contributed by atoms with E-state index >= 15 is 0 Å². The fourth-order valence-electron chi connectivity index (χ4n) is 3.34. The molecule has 0 aliphatic heterocycles. The number of carbonyl (C=O) groups excluding carboxylic acids is 2. The van der Waals surface area contributed by atoms with Gasteiger partial charge in [0.2, 0.25) is 0 Å². The molecule has 23 heavy (non-hydrogen) atoms. The Morgan fingerprint density at radius 1 is 1.17 bits per heavy atom. The number of benzene rings is 1. The van der Waals surface area contributed by atoms with Gasteiger partial charge in [0.25, 0.3) is 0 Å². The van der Waals surface area contributed by atoms with Crippen molar-refractivity contribution in [3.05, 3.63) is 34.4 Å². The van der Waals surface area contributed by atoms with Crippen molar-refractivity contribution in [2.45, 2.75) is 31.5 Å². The number of ether oxygens (including phenoxy) is 2. The Bertz CT molecular complexity index is 744. The summed E-state index contributed by atoms with van der Waals surface area (Å²) in [6.07, 6.45) is -1.13. The molecule has 0 amide bonds. The third-order valence-corrected chi connectivity index (χ3v) is 4.37. The molecule has 0 fully saturated rings. The van der Waals surface area contributed by atoms with E-state index in [0.29, 0.717) is 5.75 Å². The third kappa shape index (κ3) is 2.34. The van der Waals surface area contributed by atoms with Crippen LogP contribution in [-0.4, -0.2) is 47.7 Å². The quantitative estimate of drug-likeness (QED) is 0.853. The molecule has 1 aromatic carbocycles. The Labute approximate surface area is 133 Å². The van der Waals surface area contributed by atoms with Crippen molar-refractivity contribution in [1.82, 2.24) is 0 Å². The Morgan fingerprint density at radius 2 is 1.87 bits per heavy atom. The lowest BCUT2D eigenvalue weighted by atomic mass is 9.71. The van der Waals surface area contributed by atoms with E-state index in [2.05, 4.69) is 0 Å². The number of hydrogen-bond donors (Lipinski definition) is 2. The Hall–Kier alpha value is -2.18. The van der Waals surface area contributed by atoms with Crippen LogP contribution in [0.3, 0.4) is 0 Å². The third-order valence-electron chi connectivity index (χ3n) is 4.37. The molecule has 0 bridgehead atoms. The molecule has 1 aromatic rings. The highest BCUT2D eigenvalue weighted by atomic mass is 16.5. The number of aliphatic hydroxyl groups is 2. The van der Waals surface area contributed by atoms with Crippen molar-refractivity contribution in [2.75, 3.05) is 14.2 Å². The second kappa shape index (κ2) is 5.18. The fourth-order valence-corrected chi connectivity index (χ4v) is 3.34. The first kappa shape index (κ1) is 15.7. The minimum absolute atomic E-state index is 0.0126. The van der Waals surface area contributed by atoms with E-state index in [1.54, 1.807) is 6.92 Å². The Balaban J connectivity index is 2.24. The summed E-state index contributed by atoms with van der Waals surface area (Å²) in [5, 5.41) is 20.5. The van der Waals surface area contributed by atoms with Gasteiger partial charge in [-0.15, -0.1) is 0 Å². The second-order valence-corrected chi connectivity index (χ2v) is 6.20. The molecule has 0 radical (unpaired) electrons. The molecule has 6 heteroatoms. The minimum Gasteiger partial charge on any atom is -0.497 e. The molecule has 2 N–H and O–H groups in total. The lowest BCUT2D eigenvalue weighted by molar-refractivity contribution is 0.00376. The van der Waals surface area contributed by atoms with Gasteiger partial charge in [0.1, 0.15) is 11.5 Å². The minimum atomic E-state index is -1.23. The van der Waals surface area contributed by atoms with Crippen LogP contribution in [0.5, 0.6) is 11.5 Å². The van der Waals surface area contributed by atoms with E-state index in [0.717, 1.165) is 0 Å². The van der Waals surface area contributed by atoms with Gasteiger partial charge in [-0.25, -0.2) is 0 Å². The van der Waals surface area contributed by atoms with Crippen LogP contribution >= 0.6 is 0 Å². The number of ketones is 2. The predicted octanol–water partition coefficient (Wildman–Crippen LogP) is 1.29. The molecule has 0 saturated heterocycles. The van der Waals surface area contributed by atoms with Crippen molar-refractivity contribution in [3.8, 4) is 11.5 Å². The maximum Gasteiger partial charge on any atom is 0.196 e. The van der Waals surface area contributed by atoms with Crippen molar-refractivity contribution in [3.63, 3.8) is 0 Å². The van der Waals surface area contributed by atoms with Crippen LogP contribution < -0.4 is 9.47 Å². The zero-order valence-electron chi connectivity index (χ0n) is 13.2. The lowest BCUT2D eigenvalue weighted by Gasteiger charge is -2.36. The fraction of sp³-hybridized carbons (Fsp3) is 0.412. The predicted molar refractivity (Wildman–Crippen MR) is 81.1 cm³/mol. The van der Waals surface area contributed by atoms with Gasteiger partial charge in [0.15, 0.2) is 11.6 Å². The van der Waals surface area contributed by atoms with Gasteiger partial charge in [0, 0.05) is 35.6 Å². The summed E-state index contributed by atoms with van der Waals surface area (Å²) in [6.45, 7) is 1.54. The highest BCUT2D eigenvalue weighted by Crippen LogP contribution is 2.43. The summed E-state index contributed by atoms with van der Waals surface area (Å²) in [4.78, 5) is 25.6. The monoisotopic (exact) mass is 318 g/mol. The number of Topliss-reactive ketones (excluding diaryl/α,β-unsaturated/α-hetero) is 2. The van der Waals surface area contributed by atoms with Crippen LogP contribution in [0, 0.1) is 0 Å². The lowest BCUT2D eigenvalue weighted by Crippen LogP contribution is -2.42. The van der Waals surface area contributed by atoms with Crippen molar-refractivity contribution >= 4 is 11.6 Å². The standard InChI is InChI=1S/C17H18O6/c1-17(21)6-10-13(11(18)7-17)16(20)14-9(15(10)19)4-8(22-2)5-12(14)23-3/h4-5,11,18,21H,6-7H2,1-3H3/t11-,17-/m0/s1. The number of methoxy groups -OCH3 is 2. The summed E-state index contributed by atoms with van der Waals surface area (Å²) < 4.78 is 10.4. The average molecular weight is 318 g/mol. The zero-order valence-corrected chi connectivity index (χ0v) is 13.2. The van der Waals surface area contributed by atoms with E-state index in [1.165, 1.54) is 26.4 Å². The highest BCUT2D eigenvalue weighted by Gasteiger charge is 2.45. The topological polar surface area (TPSA) is 93.1 Å². The largest absolute Gasteiger partial charge is 0.497 e. The molecule has 122 valence electrons. The Morgan fingerprint density at radius 3 is 2.48 bits per heavy atom. The first-order valence-electron chi connectivity index (χ1n) is 7.28. The van der Waals surface area contributed by atoms with Crippen LogP contribution in [0.15, 0.2) is 23.3 Å². The van der Waals surface area contributed by atoms with Gasteiger partial charge in [-0.05, 0) is 13.0 Å². The van der Waals surface area contributed by atoms with Crippen LogP contribution in [0.1, 0.15) is 40.5 Å².